The van der Waals surface area contributed by atoms with Crippen LogP contribution in [0.5, 0.6) is 11.5 Å². The van der Waals surface area contributed by atoms with Crippen LogP contribution in [0.1, 0.15) is 26.3 Å². The van der Waals surface area contributed by atoms with Crippen LogP contribution in [0.2, 0.25) is 0 Å². The lowest BCUT2D eigenvalue weighted by atomic mass is 10.1. The predicted molar refractivity (Wildman–Crippen MR) is 109 cm³/mol. The first kappa shape index (κ1) is 20.5. The van der Waals surface area contributed by atoms with E-state index in [0.29, 0.717) is 23.8 Å². The molecule has 2 aromatic carbocycles. The number of nitrogens with zero attached hydrogens (tertiary/aromatic N) is 1. The average Bonchev–Trinajstić information content (AvgIpc) is 2.78. The highest BCUT2D eigenvalue weighted by atomic mass is 16.6. The quantitative estimate of drug-likeness (QED) is 0.853. The normalized spacial score (nSPS) is 16.3. The van der Waals surface area contributed by atoms with Crippen molar-refractivity contribution in [3.05, 3.63) is 54.1 Å². The minimum atomic E-state index is -1.04. The summed E-state index contributed by atoms with van der Waals surface area (Å²) in [5.41, 5.74) is 1.13. The zero-order valence-corrected chi connectivity index (χ0v) is 17.1. The SMILES string of the molecule is CN1C(=O)[C@@H](OC(=O)NC(C)(C)C)COc2ccc(OCc3ccccc3)cc21. The molecule has 29 heavy (non-hydrogen) atoms. The number of benzene rings is 2. The van der Waals surface area contributed by atoms with Gasteiger partial charge in [-0.25, -0.2) is 4.79 Å². The third kappa shape index (κ3) is 5.40. The van der Waals surface area contributed by atoms with E-state index < -0.39 is 17.7 Å². The summed E-state index contributed by atoms with van der Waals surface area (Å²) >= 11 is 0. The first-order valence-electron chi connectivity index (χ1n) is 9.43. The smallest absolute Gasteiger partial charge is 0.408 e. The number of carbonyl (C=O) groups is 2. The van der Waals surface area contributed by atoms with Crippen LogP contribution in [-0.4, -0.2) is 37.3 Å². The number of hydrogen-bond donors (Lipinski definition) is 1. The summed E-state index contributed by atoms with van der Waals surface area (Å²) in [6, 6.07) is 15.1. The van der Waals surface area contributed by atoms with Gasteiger partial charge in [0.1, 0.15) is 24.7 Å². The Bertz CT molecular complexity index is 877. The zero-order chi connectivity index (χ0) is 21.0. The second-order valence-corrected chi connectivity index (χ2v) is 7.88. The molecule has 7 heteroatoms. The van der Waals surface area contributed by atoms with E-state index in [2.05, 4.69) is 5.32 Å². The highest BCUT2D eigenvalue weighted by Crippen LogP contribution is 2.34. The van der Waals surface area contributed by atoms with Crippen molar-refractivity contribution in [1.82, 2.24) is 5.32 Å². The Balaban J connectivity index is 1.70. The van der Waals surface area contributed by atoms with Crippen molar-refractivity contribution in [2.75, 3.05) is 18.6 Å². The lowest BCUT2D eigenvalue weighted by Gasteiger charge is -2.23. The van der Waals surface area contributed by atoms with E-state index in [0.717, 1.165) is 5.56 Å². The Hall–Kier alpha value is -3.22. The molecule has 154 valence electrons. The third-order valence-corrected chi connectivity index (χ3v) is 4.26. The van der Waals surface area contributed by atoms with Crippen LogP contribution in [0.15, 0.2) is 48.5 Å². The fourth-order valence-corrected chi connectivity index (χ4v) is 2.83. The summed E-state index contributed by atoms with van der Waals surface area (Å²) in [4.78, 5) is 26.3. The van der Waals surface area contributed by atoms with Crippen molar-refractivity contribution in [3.8, 4) is 11.5 Å². The molecule has 0 bridgehead atoms. The van der Waals surface area contributed by atoms with Gasteiger partial charge in [0.25, 0.3) is 5.91 Å². The van der Waals surface area contributed by atoms with E-state index in [9.17, 15) is 9.59 Å². The van der Waals surface area contributed by atoms with E-state index >= 15 is 0 Å². The highest BCUT2D eigenvalue weighted by Gasteiger charge is 2.33. The van der Waals surface area contributed by atoms with Crippen LogP contribution in [-0.2, 0) is 16.1 Å². The number of likely N-dealkylation sites (N-methyl/N-ethyl adjacent to an activating group) is 1. The molecule has 2 amide bonds. The van der Waals surface area contributed by atoms with E-state index in [-0.39, 0.29) is 12.5 Å². The van der Waals surface area contributed by atoms with Crippen LogP contribution < -0.4 is 19.7 Å². The fraction of sp³-hybridized carbons (Fsp3) is 0.364. The molecular weight excluding hydrogens is 372 g/mol. The number of hydrogen-bond acceptors (Lipinski definition) is 5. The van der Waals surface area contributed by atoms with Crippen molar-refractivity contribution in [1.29, 1.82) is 0 Å². The number of carbonyl (C=O) groups excluding carboxylic acids is 2. The minimum Gasteiger partial charge on any atom is -0.489 e. The molecule has 7 nitrogen and oxygen atoms in total. The van der Waals surface area contributed by atoms with E-state index in [4.69, 9.17) is 14.2 Å². The number of alkyl carbamates (subject to hydrolysis) is 1. The largest absolute Gasteiger partial charge is 0.489 e. The summed E-state index contributed by atoms with van der Waals surface area (Å²) in [5.74, 6) is 0.768. The molecule has 3 rings (SSSR count). The van der Waals surface area contributed by atoms with Crippen molar-refractivity contribution >= 4 is 17.7 Å². The number of anilines is 1. The van der Waals surface area contributed by atoms with Crippen LogP contribution in [0.4, 0.5) is 10.5 Å². The maximum absolute atomic E-state index is 12.8. The monoisotopic (exact) mass is 398 g/mol. The Labute approximate surface area is 170 Å². The predicted octanol–water partition coefficient (Wildman–Crippen LogP) is 3.51. The molecule has 0 saturated heterocycles. The number of rotatable bonds is 4. The van der Waals surface area contributed by atoms with E-state index in [1.165, 1.54) is 4.90 Å². The first-order chi connectivity index (χ1) is 13.7. The lowest BCUT2D eigenvalue weighted by molar-refractivity contribution is -0.127. The van der Waals surface area contributed by atoms with Crippen LogP contribution in [0.25, 0.3) is 0 Å². The lowest BCUT2D eigenvalue weighted by Crippen LogP contribution is -2.46. The first-order valence-corrected chi connectivity index (χ1v) is 9.43. The Morgan fingerprint density at radius 1 is 1.21 bits per heavy atom. The van der Waals surface area contributed by atoms with Crippen LogP contribution in [0, 0.1) is 0 Å². The highest BCUT2D eigenvalue weighted by molar-refractivity contribution is 5.99. The molecule has 0 spiro atoms. The number of amides is 2. The van der Waals surface area contributed by atoms with E-state index in [1.54, 1.807) is 25.2 Å². The second-order valence-electron chi connectivity index (χ2n) is 7.88. The average molecular weight is 398 g/mol. The van der Waals surface area contributed by atoms with Crippen molar-refractivity contribution < 1.29 is 23.8 Å². The van der Waals surface area contributed by atoms with Gasteiger partial charge in [-0.05, 0) is 38.5 Å². The molecule has 1 aliphatic heterocycles. The summed E-state index contributed by atoms with van der Waals surface area (Å²) in [6.45, 7) is 5.85. The van der Waals surface area contributed by atoms with Gasteiger partial charge < -0.3 is 24.4 Å². The van der Waals surface area contributed by atoms with Gasteiger partial charge in [-0.1, -0.05) is 30.3 Å². The number of nitrogens with one attached hydrogen (secondary N) is 1. The summed E-state index contributed by atoms with van der Waals surface area (Å²) in [6.07, 6.45) is -1.70. The molecule has 1 heterocycles. The van der Waals surface area contributed by atoms with Gasteiger partial charge in [-0.2, -0.15) is 0 Å². The molecular formula is C22H26N2O5. The van der Waals surface area contributed by atoms with Gasteiger partial charge in [0.2, 0.25) is 6.10 Å². The van der Waals surface area contributed by atoms with Gasteiger partial charge in [-0.15, -0.1) is 0 Å². The number of ether oxygens (including phenoxy) is 3. The zero-order valence-electron chi connectivity index (χ0n) is 17.1. The van der Waals surface area contributed by atoms with Gasteiger partial charge in [0, 0.05) is 18.7 Å². The Kier molecular flexibility index (Phi) is 5.96. The molecule has 0 fully saturated rings. The molecule has 0 saturated carbocycles. The maximum atomic E-state index is 12.8. The summed E-state index contributed by atoms with van der Waals surface area (Å²) < 4.78 is 16.9. The van der Waals surface area contributed by atoms with Gasteiger partial charge >= 0.3 is 6.09 Å². The molecule has 0 unspecified atom stereocenters. The van der Waals surface area contributed by atoms with Crippen molar-refractivity contribution in [3.63, 3.8) is 0 Å². The Morgan fingerprint density at radius 3 is 2.62 bits per heavy atom. The van der Waals surface area contributed by atoms with Crippen molar-refractivity contribution in [2.45, 2.75) is 39.0 Å². The van der Waals surface area contributed by atoms with Crippen LogP contribution in [0.3, 0.4) is 0 Å². The fourth-order valence-electron chi connectivity index (χ4n) is 2.83. The minimum absolute atomic E-state index is 0.0576. The molecule has 1 aliphatic rings. The van der Waals surface area contributed by atoms with Gasteiger partial charge in [0.05, 0.1) is 5.69 Å². The van der Waals surface area contributed by atoms with Gasteiger partial charge in [-0.3, -0.25) is 4.79 Å². The molecule has 0 aliphatic carbocycles. The molecule has 0 radical (unpaired) electrons. The molecule has 0 aromatic heterocycles. The second kappa shape index (κ2) is 8.43. The van der Waals surface area contributed by atoms with Crippen molar-refractivity contribution in [2.24, 2.45) is 0 Å². The third-order valence-electron chi connectivity index (χ3n) is 4.26. The molecule has 1 N–H and O–H groups in total. The Morgan fingerprint density at radius 2 is 1.93 bits per heavy atom. The standard InChI is InChI=1S/C22H26N2O5/c1-22(2,3)23-21(26)29-19-14-28-18-11-10-16(12-17(18)24(4)20(19)25)27-13-15-8-6-5-7-9-15/h5-12,19H,13-14H2,1-4H3,(H,23,26)/t19-/m0/s1. The van der Waals surface area contributed by atoms with Crippen LogP contribution >= 0.6 is 0 Å². The summed E-state index contributed by atoms with van der Waals surface area (Å²) in [7, 11) is 1.62. The number of fused-ring (bicyclic) bond motifs is 1. The molecule has 1 atom stereocenters. The maximum Gasteiger partial charge on any atom is 0.408 e. The van der Waals surface area contributed by atoms with E-state index in [1.807, 2.05) is 51.1 Å². The molecule has 2 aromatic rings. The summed E-state index contributed by atoms with van der Waals surface area (Å²) in [5, 5.41) is 2.68. The van der Waals surface area contributed by atoms with Gasteiger partial charge in [0.15, 0.2) is 0 Å². The topological polar surface area (TPSA) is 77.1 Å².